The molecular formula is C27H27F4N5O4. The fourth-order valence-corrected chi connectivity index (χ4v) is 4.82. The van der Waals surface area contributed by atoms with E-state index >= 15 is 0 Å². The minimum absolute atomic E-state index is 0.0311. The number of carboxylic acid groups (broad SMARTS) is 1. The number of alkyl halides is 3. The van der Waals surface area contributed by atoms with Gasteiger partial charge in [0.25, 0.3) is 5.91 Å². The average Bonchev–Trinajstić information content (AvgIpc) is 3.24. The van der Waals surface area contributed by atoms with Crippen LogP contribution in [0.25, 0.3) is 10.9 Å². The molecular weight excluding hydrogens is 534 g/mol. The van der Waals surface area contributed by atoms with Crippen molar-refractivity contribution in [3.63, 3.8) is 0 Å². The molecule has 2 aliphatic rings. The van der Waals surface area contributed by atoms with Crippen LogP contribution in [0.1, 0.15) is 23.2 Å². The number of pyridine rings is 1. The number of carbonyl (C=O) groups excluding carboxylic acids is 2. The number of anilines is 1. The highest BCUT2D eigenvalue weighted by Crippen LogP contribution is 2.36. The lowest BCUT2D eigenvalue weighted by Gasteiger charge is -2.43. The van der Waals surface area contributed by atoms with E-state index in [2.05, 4.69) is 25.4 Å². The van der Waals surface area contributed by atoms with Crippen molar-refractivity contribution in [3.05, 3.63) is 72.2 Å². The van der Waals surface area contributed by atoms with Crippen LogP contribution in [0.5, 0.6) is 0 Å². The number of carbonyl (C=O) groups is 3. The molecule has 2 fully saturated rings. The molecule has 1 spiro atoms. The maximum absolute atomic E-state index is 13.3. The van der Waals surface area contributed by atoms with Crippen LogP contribution in [0.15, 0.2) is 60.8 Å². The van der Waals surface area contributed by atoms with Gasteiger partial charge in [-0.05, 0) is 49.2 Å². The summed E-state index contributed by atoms with van der Waals surface area (Å²) in [6.45, 7) is 3.16. The van der Waals surface area contributed by atoms with Crippen molar-refractivity contribution in [3.8, 4) is 0 Å². The lowest BCUT2D eigenvalue weighted by molar-refractivity contribution is -0.192. The molecule has 0 unspecified atom stereocenters. The number of amides is 2. The number of para-hydroxylation sites is 1. The maximum Gasteiger partial charge on any atom is 0.490 e. The normalized spacial score (nSPS) is 16.8. The largest absolute Gasteiger partial charge is 0.490 e. The number of piperidine rings is 1. The molecule has 2 aliphatic heterocycles. The Balaban J connectivity index is 0.000000470. The first kappa shape index (κ1) is 28.7. The van der Waals surface area contributed by atoms with E-state index in [9.17, 15) is 27.2 Å². The van der Waals surface area contributed by atoms with E-state index in [1.165, 1.54) is 12.1 Å². The van der Waals surface area contributed by atoms with Gasteiger partial charge in [-0.2, -0.15) is 13.2 Å². The van der Waals surface area contributed by atoms with Gasteiger partial charge in [-0.1, -0.05) is 18.2 Å². The third-order valence-corrected chi connectivity index (χ3v) is 6.97. The number of aliphatic carboxylic acids is 1. The molecule has 2 aromatic carbocycles. The lowest BCUT2D eigenvalue weighted by Crippen LogP contribution is -2.57. The fourth-order valence-electron chi connectivity index (χ4n) is 4.82. The number of hydrogen-bond donors (Lipinski definition) is 3. The van der Waals surface area contributed by atoms with E-state index < -0.39 is 17.7 Å². The van der Waals surface area contributed by atoms with Gasteiger partial charge in [0, 0.05) is 43.4 Å². The molecule has 3 aromatic rings. The zero-order valence-corrected chi connectivity index (χ0v) is 21.2. The summed E-state index contributed by atoms with van der Waals surface area (Å²) in [4.78, 5) is 42.9. The summed E-state index contributed by atoms with van der Waals surface area (Å²) in [6, 6.07) is 15.9. The topological polar surface area (TPSA) is 115 Å². The molecule has 13 heteroatoms. The number of fused-ring (bicyclic) bond motifs is 1. The highest BCUT2D eigenvalue weighted by Gasteiger charge is 2.50. The predicted octanol–water partition coefficient (Wildman–Crippen LogP) is 3.17. The van der Waals surface area contributed by atoms with Crippen LogP contribution < -0.4 is 15.5 Å². The number of aromatic nitrogens is 1. The van der Waals surface area contributed by atoms with Crippen molar-refractivity contribution >= 4 is 34.4 Å². The van der Waals surface area contributed by atoms with Crippen LogP contribution in [-0.2, 0) is 9.59 Å². The van der Waals surface area contributed by atoms with E-state index in [0.717, 1.165) is 29.7 Å². The molecule has 1 aromatic heterocycles. The second-order valence-electron chi connectivity index (χ2n) is 9.42. The van der Waals surface area contributed by atoms with Crippen LogP contribution in [-0.4, -0.2) is 77.3 Å². The fraction of sp³-hybridized carbons (Fsp3) is 0.333. The number of hydrogen-bond acceptors (Lipinski definition) is 6. The molecule has 40 heavy (non-hydrogen) atoms. The summed E-state index contributed by atoms with van der Waals surface area (Å²) in [5.74, 6) is -3.15. The van der Waals surface area contributed by atoms with Crippen LogP contribution in [0.4, 0.5) is 23.2 Å². The summed E-state index contributed by atoms with van der Waals surface area (Å²) >= 11 is 0. The quantitative estimate of drug-likeness (QED) is 0.410. The number of likely N-dealkylation sites (tertiary alicyclic amines) is 1. The summed E-state index contributed by atoms with van der Waals surface area (Å²) < 4.78 is 45.1. The molecule has 0 atom stereocenters. The zero-order valence-electron chi connectivity index (χ0n) is 21.2. The highest BCUT2D eigenvalue weighted by atomic mass is 19.4. The van der Waals surface area contributed by atoms with Gasteiger partial charge in [0.2, 0.25) is 5.91 Å². The molecule has 3 N–H and O–H groups in total. The number of nitrogens with one attached hydrogen (secondary N) is 2. The van der Waals surface area contributed by atoms with Crippen molar-refractivity contribution in [2.45, 2.75) is 24.6 Å². The zero-order chi connectivity index (χ0) is 28.9. The third-order valence-electron chi connectivity index (χ3n) is 6.97. The van der Waals surface area contributed by atoms with Crippen LogP contribution in [0, 0.1) is 5.82 Å². The Labute approximate surface area is 226 Å². The van der Waals surface area contributed by atoms with E-state index in [1.807, 2.05) is 30.3 Å². The standard InChI is InChI=1S/C25H26FN5O2.C2HF3O2/c26-20-5-7-21(8-6-20)31-17-29-24(33)25(31)9-12-30(13-10-25)14-11-27-23(32)19-15-18-3-1-2-4-22(18)28-16-19;3-2(4,5)1(6)7/h1-8,15-16H,9-14,17H2,(H,27,32)(H,29,33);(H,6,7). The van der Waals surface area contributed by atoms with E-state index in [4.69, 9.17) is 9.90 Å². The van der Waals surface area contributed by atoms with E-state index in [-0.39, 0.29) is 17.6 Å². The molecule has 0 saturated carbocycles. The number of rotatable bonds is 5. The SMILES string of the molecule is O=C(NCCN1CCC2(CC1)C(=O)NCN2c1ccc(F)cc1)c1cnc2ccccc2c1.O=C(O)C(F)(F)F. The first-order chi connectivity index (χ1) is 19.0. The van der Waals surface area contributed by atoms with Gasteiger partial charge in [-0.3, -0.25) is 14.6 Å². The molecule has 212 valence electrons. The summed E-state index contributed by atoms with van der Waals surface area (Å²) in [6.07, 6.45) is -2.12. The third kappa shape index (κ3) is 6.47. The summed E-state index contributed by atoms with van der Waals surface area (Å²) in [5, 5.41) is 14.0. The van der Waals surface area contributed by atoms with E-state index in [0.29, 0.717) is 38.2 Å². The molecule has 3 heterocycles. The van der Waals surface area contributed by atoms with Gasteiger partial charge in [0.15, 0.2) is 0 Å². The molecule has 0 radical (unpaired) electrons. The van der Waals surface area contributed by atoms with Gasteiger partial charge < -0.3 is 25.5 Å². The molecule has 2 amide bonds. The van der Waals surface area contributed by atoms with Crippen molar-refractivity contribution in [1.29, 1.82) is 0 Å². The van der Waals surface area contributed by atoms with Gasteiger partial charge in [0.05, 0.1) is 17.7 Å². The monoisotopic (exact) mass is 561 g/mol. The summed E-state index contributed by atoms with van der Waals surface area (Å²) in [5.41, 5.74) is 1.65. The highest BCUT2D eigenvalue weighted by molar-refractivity contribution is 5.97. The second-order valence-corrected chi connectivity index (χ2v) is 9.42. The Bertz CT molecular complexity index is 1380. The van der Waals surface area contributed by atoms with Gasteiger partial charge >= 0.3 is 12.1 Å². The van der Waals surface area contributed by atoms with Crippen molar-refractivity contribution in [1.82, 2.24) is 20.5 Å². The maximum atomic E-state index is 13.3. The lowest BCUT2D eigenvalue weighted by atomic mass is 9.85. The number of halogens is 4. The molecule has 9 nitrogen and oxygen atoms in total. The molecule has 5 rings (SSSR count). The Morgan fingerprint density at radius 2 is 1.73 bits per heavy atom. The smallest absolute Gasteiger partial charge is 0.475 e. The van der Waals surface area contributed by atoms with Crippen LogP contribution >= 0.6 is 0 Å². The number of carboxylic acids is 1. The molecule has 0 aliphatic carbocycles. The van der Waals surface area contributed by atoms with Crippen molar-refractivity contribution < 1.29 is 37.1 Å². The average molecular weight is 562 g/mol. The van der Waals surface area contributed by atoms with Crippen LogP contribution in [0.2, 0.25) is 0 Å². The Morgan fingerprint density at radius 1 is 1.07 bits per heavy atom. The minimum atomic E-state index is -5.08. The molecule has 0 bridgehead atoms. The second kappa shape index (κ2) is 11.9. The van der Waals surface area contributed by atoms with Gasteiger partial charge in [0.1, 0.15) is 11.4 Å². The number of nitrogens with zero attached hydrogens (tertiary/aromatic N) is 3. The van der Waals surface area contributed by atoms with Gasteiger partial charge in [-0.25, -0.2) is 9.18 Å². The van der Waals surface area contributed by atoms with Crippen molar-refractivity contribution in [2.75, 3.05) is 37.7 Å². The summed E-state index contributed by atoms with van der Waals surface area (Å²) in [7, 11) is 0. The minimum Gasteiger partial charge on any atom is -0.475 e. The Kier molecular flexibility index (Phi) is 8.52. The Morgan fingerprint density at radius 3 is 2.38 bits per heavy atom. The van der Waals surface area contributed by atoms with Gasteiger partial charge in [-0.15, -0.1) is 0 Å². The molecule has 2 saturated heterocycles. The first-order valence-corrected chi connectivity index (χ1v) is 12.5. The van der Waals surface area contributed by atoms with Crippen LogP contribution in [0.3, 0.4) is 0 Å². The predicted molar refractivity (Wildman–Crippen MR) is 138 cm³/mol. The number of benzene rings is 2. The Hall–Kier alpha value is -4.26. The van der Waals surface area contributed by atoms with E-state index in [1.54, 1.807) is 18.3 Å². The van der Waals surface area contributed by atoms with Crippen molar-refractivity contribution in [2.24, 2.45) is 0 Å². The first-order valence-electron chi connectivity index (χ1n) is 12.5.